The highest BCUT2D eigenvalue weighted by atomic mass is 15.4. The molecule has 0 aliphatic carbocycles. The van der Waals surface area contributed by atoms with Crippen LogP contribution >= 0.6 is 0 Å². The standard InChI is InChI=1S/C13H14N6/c1-2-17-19-5-3-9(4-6-19)10-7-15-12-11(10)8-16-13(14)18-12/h2-5,7-8H,6H2,1H3,(H3,14,15,16,18)/b17-2-. The minimum absolute atomic E-state index is 0.275. The van der Waals surface area contributed by atoms with Gasteiger partial charge in [0.05, 0.1) is 6.54 Å². The number of H-pyrrole nitrogens is 1. The lowest BCUT2D eigenvalue weighted by Crippen LogP contribution is -2.12. The van der Waals surface area contributed by atoms with Crippen LogP contribution in [0, 0.1) is 0 Å². The number of rotatable bonds is 2. The normalized spacial score (nSPS) is 15.4. The van der Waals surface area contributed by atoms with Crippen molar-refractivity contribution in [2.45, 2.75) is 6.92 Å². The van der Waals surface area contributed by atoms with Crippen molar-refractivity contribution in [2.24, 2.45) is 5.10 Å². The molecule has 6 heteroatoms. The maximum atomic E-state index is 5.57. The minimum atomic E-state index is 0.275. The number of hydrogen-bond donors (Lipinski definition) is 2. The third-order valence-electron chi connectivity index (χ3n) is 2.95. The molecule has 1 aliphatic heterocycles. The SMILES string of the molecule is C/C=N\N1C=CC(c2c[nH]c3nc(N)ncc23)=CC1. The third-order valence-corrected chi connectivity index (χ3v) is 2.95. The van der Waals surface area contributed by atoms with Gasteiger partial charge in [-0.25, -0.2) is 4.98 Å². The van der Waals surface area contributed by atoms with E-state index in [0.29, 0.717) is 0 Å². The van der Waals surface area contributed by atoms with Gasteiger partial charge < -0.3 is 10.7 Å². The van der Waals surface area contributed by atoms with E-state index in [1.807, 2.05) is 30.4 Å². The van der Waals surface area contributed by atoms with Crippen LogP contribution in [0.15, 0.2) is 35.8 Å². The average Bonchev–Trinajstić information content (AvgIpc) is 2.83. The monoisotopic (exact) mass is 254 g/mol. The number of nitrogens with zero attached hydrogens (tertiary/aromatic N) is 4. The molecular formula is C13H14N6. The van der Waals surface area contributed by atoms with Crippen molar-refractivity contribution in [1.82, 2.24) is 20.0 Å². The van der Waals surface area contributed by atoms with Gasteiger partial charge in [0.2, 0.25) is 5.95 Å². The maximum Gasteiger partial charge on any atom is 0.221 e. The molecule has 3 heterocycles. The molecule has 96 valence electrons. The number of fused-ring (bicyclic) bond motifs is 1. The van der Waals surface area contributed by atoms with Crippen molar-refractivity contribution in [3.05, 3.63) is 36.3 Å². The fraction of sp³-hybridized carbons (Fsp3) is 0.154. The molecule has 0 saturated heterocycles. The van der Waals surface area contributed by atoms with Crippen LogP contribution in [0.3, 0.4) is 0 Å². The van der Waals surface area contributed by atoms with Crippen LogP contribution in [0.1, 0.15) is 12.5 Å². The van der Waals surface area contributed by atoms with E-state index in [2.05, 4.69) is 26.1 Å². The Morgan fingerprint density at radius 1 is 1.53 bits per heavy atom. The molecule has 0 unspecified atom stereocenters. The molecule has 0 amide bonds. The summed E-state index contributed by atoms with van der Waals surface area (Å²) in [6.45, 7) is 2.65. The summed E-state index contributed by atoms with van der Waals surface area (Å²) in [5, 5.41) is 7.04. The molecule has 0 atom stereocenters. The Morgan fingerprint density at radius 2 is 2.42 bits per heavy atom. The molecule has 0 bridgehead atoms. The second-order valence-corrected chi connectivity index (χ2v) is 4.16. The van der Waals surface area contributed by atoms with Crippen molar-refractivity contribution in [2.75, 3.05) is 12.3 Å². The number of aromatic nitrogens is 3. The lowest BCUT2D eigenvalue weighted by atomic mass is 10.1. The Balaban J connectivity index is 1.96. The Hall–Kier alpha value is -2.63. The number of nitrogen functional groups attached to an aromatic ring is 1. The minimum Gasteiger partial charge on any atom is -0.368 e. The van der Waals surface area contributed by atoms with Crippen molar-refractivity contribution < 1.29 is 0 Å². The topological polar surface area (TPSA) is 83.2 Å². The summed E-state index contributed by atoms with van der Waals surface area (Å²) in [6.07, 6.45) is 11.5. The lowest BCUT2D eigenvalue weighted by molar-refractivity contribution is 0.443. The Kier molecular flexibility index (Phi) is 2.75. The molecule has 6 nitrogen and oxygen atoms in total. The molecule has 1 aliphatic rings. The summed E-state index contributed by atoms with van der Waals surface area (Å²) in [7, 11) is 0. The van der Waals surface area contributed by atoms with Crippen LogP contribution in [0.4, 0.5) is 5.95 Å². The summed E-state index contributed by atoms with van der Waals surface area (Å²) in [5.41, 5.74) is 8.53. The van der Waals surface area contributed by atoms with Gasteiger partial charge in [-0.3, -0.25) is 5.01 Å². The first kappa shape index (κ1) is 11.5. The van der Waals surface area contributed by atoms with E-state index in [4.69, 9.17) is 5.73 Å². The van der Waals surface area contributed by atoms with Gasteiger partial charge >= 0.3 is 0 Å². The quantitative estimate of drug-likeness (QED) is 0.800. The number of anilines is 1. The van der Waals surface area contributed by atoms with Crippen molar-refractivity contribution in [1.29, 1.82) is 0 Å². The molecular weight excluding hydrogens is 240 g/mol. The third kappa shape index (κ3) is 2.08. The zero-order valence-corrected chi connectivity index (χ0v) is 10.5. The lowest BCUT2D eigenvalue weighted by Gasteiger charge is -2.16. The number of nitrogens with two attached hydrogens (primary N) is 1. The Morgan fingerprint density at radius 3 is 3.16 bits per heavy atom. The van der Waals surface area contributed by atoms with E-state index in [-0.39, 0.29) is 5.95 Å². The zero-order chi connectivity index (χ0) is 13.2. The largest absolute Gasteiger partial charge is 0.368 e. The van der Waals surface area contributed by atoms with Gasteiger partial charge in [0.25, 0.3) is 0 Å². The smallest absolute Gasteiger partial charge is 0.221 e. The second-order valence-electron chi connectivity index (χ2n) is 4.16. The predicted molar refractivity (Wildman–Crippen MR) is 76.3 cm³/mol. The number of hydrogen-bond acceptors (Lipinski definition) is 5. The van der Waals surface area contributed by atoms with E-state index < -0.39 is 0 Å². The summed E-state index contributed by atoms with van der Waals surface area (Å²) in [4.78, 5) is 11.3. The maximum absolute atomic E-state index is 5.57. The van der Waals surface area contributed by atoms with Crippen LogP contribution in [0.2, 0.25) is 0 Å². The molecule has 2 aromatic heterocycles. The summed E-state index contributed by atoms with van der Waals surface area (Å²) in [5.74, 6) is 0.275. The Bertz CT molecular complexity index is 694. The van der Waals surface area contributed by atoms with E-state index in [9.17, 15) is 0 Å². The van der Waals surface area contributed by atoms with E-state index in [1.165, 1.54) is 0 Å². The zero-order valence-electron chi connectivity index (χ0n) is 10.5. The van der Waals surface area contributed by atoms with Crippen LogP contribution < -0.4 is 5.73 Å². The average molecular weight is 254 g/mol. The first-order valence-electron chi connectivity index (χ1n) is 6.01. The molecule has 0 aromatic carbocycles. The van der Waals surface area contributed by atoms with Gasteiger partial charge in [-0.2, -0.15) is 10.1 Å². The number of hydrazone groups is 1. The Labute approximate surface area is 110 Å². The molecule has 0 saturated carbocycles. The fourth-order valence-corrected chi connectivity index (χ4v) is 2.08. The van der Waals surface area contributed by atoms with Crippen LogP contribution in [0.25, 0.3) is 16.6 Å². The van der Waals surface area contributed by atoms with Gasteiger partial charge in [0.15, 0.2) is 0 Å². The van der Waals surface area contributed by atoms with Gasteiger partial charge in [0, 0.05) is 35.8 Å². The molecule has 3 rings (SSSR count). The van der Waals surface area contributed by atoms with Crippen molar-refractivity contribution >= 4 is 28.8 Å². The molecule has 2 aromatic rings. The fourth-order valence-electron chi connectivity index (χ4n) is 2.08. The van der Waals surface area contributed by atoms with Gasteiger partial charge in [-0.1, -0.05) is 6.08 Å². The van der Waals surface area contributed by atoms with Gasteiger partial charge in [-0.05, 0) is 18.6 Å². The highest BCUT2D eigenvalue weighted by molar-refractivity contribution is 5.93. The molecule has 0 radical (unpaired) electrons. The van der Waals surface area contributed by atoms with Crippen LogP contribution in [-0.4, -0.2) is 32.7 Å². The van der Waals surface area contributed by atoms with E-state index in [1.54, 1.807) is 12.4 Å². The van der Waals surface area contributed by atoms with E-state index >= 15 is 0 Å². The van der Waals surface area contributed by atoms with Crippen molar-refractivity contribution in [3.63, 3.8) is 0 Å². The van der Waals surface area contributed by atoms with E-state index in [0.717, 1.165) is 28.7 Å². The predicted octanol–water partition coefficient (Wildman–Crippen LogP) is 1.76. The summed E-state index contributed by atoms with van der Waals surface area (Å²) in [6, 6.07) is 0. The number of nitrogens with one attached hydrogen (secondary N) is 1. The van der Waals surface area contributed by atoms with Gasteiger partial charge in [-0.15, -0.1) is 0 Å². The number of aromatic amines is 1. The summed E-state index contributed by atoms with van der Waals surface area (Å²) < 4.78 is 0. The highest BCUT2D eigenvalue weighted by Gasteiger charge is 2.11. The number of allylic oxidation sites excluding steroid dienone is 2. The first-order chi connectivity index (χ1) is 9.28. The van der Waals surface area contributed by atoms with Gasteiger partial charge in [0.1, 0.15) is 5.65 Å². The molecule has 0 spiro atoms. The first-order valence-corrected chi connectivity index (χ1v) is 6.01. The molecule has 19 heavy (non-hydrogen) atoms. The van der Waals surface area contributed by atoms with Crippen LogP contribution in [0.5, 0.6) is 0 Å². The van der Waals surface area contributed by atoms with Crippen LogP contribution in [-0.2, 0) is 0 Å². The van der Waals surface area contributed by atoms with Crippen molar-refractivity contribution in [3.8, 4) is 0 Å². The molecule has 0 fully saturated rings. The highest BCUT2D eigenvalue weighted by Crippen LogP contribution is 2.26. The summed E-state index contributed by atoms with van der Waals surface area (Å²) >= 11 is 0. The second kappa shape index (κ2) is 4.56. The molecule has 3 N–H and O–H groups in total.